The van der Waals surface area contributed by atoms with E-state index in [0.717, 1.165) is 105 Å². The zero-order valence-electron chi connectivity index (χ0n) is 33.6. The van der Waals surface area contributed by atoms with E-state index in [4.69, 9.17) is 13.3 Å². The number of furan rings is 3. The molecule has 0 bridgehead atoms. The summed E-state index contributed by atoms with van der Waals surface area (Å²) >= 11 is 0. The largest absolute Gasteiger partial charge is 0.456 e. The maximum atomic E-state index is 6.89. The van der Waals surface area contributed by atoms with Crippen LogP contribution in [0, 0.1) is 0 Å². The molecule has 3 aromatic heterocycles. The van der Waals surface area contributed by atoms with Crippen LogP contribution < -0.4 is 4.90 Å². The van der Waals surface area contributed by atoms with Gasteiger partial charge in [-0.15, -0.1) is 0 Å². The van der Waals surface area contributed by atoms with Crippen LogP contribution in [0.15, 0.2) is 201 Å². The molecule has 9 aromatic carbocycles. The number of para-hydroxylation sites is 3. The summed E-state index contributed by atoms with van der Waals surface area (Å²) in [5.41, 5.74) is 17.8. The summed E-state index contributed by atoms with van der Waals surface area (Å²) in [6, 6.07) is 66.9. The Bertz CT molecular complexity index is 3730. The number of hydrogen-bond donors (Lipinski definition) is 0. The second-order valence-corrected chi connectivity index (χ2v) is 16.8. The third-order valence-corrected chi connectivity index (χ3v) is 13.1. The normalized spacial score (nSPS) is 13.2. The lowest BCUT2D eigenvalue weighted by Gasteiger charge is -2.28. The minimum Gasteiger partial charge on any atom is -0.456 e. The zero-order chi connectivity index (χ0) is 40.4. The van der Waals surface area contributed by atoms with Gasteiger partial charge >= 0.3 is 0 Å². The summed E-state index contributed by atoms with van der Waals surface area (Å²) in [4.78, 5) is 2.38. The van der Waals surface area contributed by atoms with Crippen molar-refractivity contribution in [3.63, 3.8) is 0 Å². The van der Waals surface area contributed by atoms with E-state index in [2.05, 4.69) is 183 Å². The quantitative estimate of drug-likeness (QED) is 0.174. The van der Waals surface area contributed by atoms with Gasteiger partial charge in [-0.05, 0) is 94.0 Å². The molecule has 0 aliphatic heterocycles. The van der Waals surface area contributed by atoms with Crippen molar-refractivity contribution in [2.45, 2.75) is 19.3 Å². The molecule has 1 aliphatic carbocycles. The van der Waals surface area contributed by atoms with Gasteiger partial charge in [0.1, 0.15) is 33.5 Å². The number of benzene rings is 9. The third-order valence-electron chi connectivity index (χ3n) is 13.1. The van der Waals surface area contributed by atoms with Crippen molar-refractivity contribution in [2.24, 2.45) is 0 Å². The lowest BCUT2D eigenvalue weighted by Crippen LogP contribution is -2.16. The van der Waals surface area contributed by atoms with Crippen LogP contribution in [0.25, 0.3) is 99.2 Å². The Balaban J connectivity index is 1.02. The predicted octanol–water partition coefficient (Wildman–Crippen LogP) is 16.5. The lowest BCUT2D eigenvalue weighted by atomic mass is 9.82. The molecule has 0 spiro atoms. The van der Waals surface area contributed by atoms with Crippen molar-refractivity contribution in [3.8, 4) is 33.4 Å². The number of fused-ring (bicyclic) bond motifs is 12. The van der Waals surface area contributed by atoms with Crippen molar-refractivity contribution in [3.05, 3.63) is 199 Å². The Kier molecular flexibility index (Phi) is 7.04. The molecule has 13 rings (SSSR count). The molecular weight excluding hydrogens is 747 g/mol. The maximum absolute atomic E-state index is 6.89. The summed E-state index contributed by atoms with van der Waals surface area (Å²) < 4.78 is 19.9. The highest BCUT2D eigenvalue weighted by molar-refractivity contribution is 6.23. The van der Waals surface area contributed by atoms with E-state index in [9.17, 15) is 0 Å². The van der Waals surface area contributed by atoms with Crippen LogP contribution in [0.5, 0.6) is 0 Å². The molecule has 0 radical (unpaired) electrons. The lowest BCUT2D eigenvalue weighted by molar-refractivity contribution is 0.660. The molecule has 12 aromatic rings. The van der Waals surface area contributed by atoms with Crippen LogP contribution in [-0.2, 0) is 5.41 Å². The number of nitrogens with zero attached hydrogens (tertiary/aromatic N) is 1. The topological polar surface area (TPSA) is 42.7 Å². The van der Waals surface area contributed by atoms with Gasteiger partial charge in [0.15, 0.2) is 0 Å². The summed E-state index contributed by atoms with van der Waals surface area (Å²) in [7, 11) is 0. The number of rotatable bonds is 5. The van der Waals surface area contributed by atoms with Gasteiger partial charge in [0.05, 0.1) is 0 Å². The molecule has 0 atom stereocenters. The Morgan fingerprint density at radius 3 is 1.84 bits per heavy atom. The molecular formula is C57H37NO3. The second-order valence-electron chi connectivity index (χ2n) is 16.8. The smallest absolute Gasteiger partial charge is 0.144 e. The van der Waals surface area contributed by atoms with Crippen molar-refractivity contribution < 1.29 is 13.3 Å². The Morgan fingerprint density at radius 1 is 0.361 bits per heavy atom. The Hall–Kier alpha value is -7.82. The number of hydrogen-bond acceptors (Lipinski definition) is 4. The fraction of sp³-hybridized carbons (Fsp3) is 0.0526. The molecule has 0 N–H and O–H groups in total. The summed E-state index contributed by atoms with van der Waals surface area (Å²) in [5, 5.41) is 6.43. The summed E-state index contributed by atoms with van der Waals surface area (Å²) in [6.07, 6.45) is 0. The molecule has 0 fully saturated rings. The molecule has 61 heavy (non-hydrogen) atoms. The third kappa shape index (κ3) is 4.93. The first-order valence-corrected chi connectivity index (χ1v) is 20.9. The first-order chi connectivity index (χ1) is 30.0. The molecule has 3 heterocycles. The van der Waals surface area contributed by atoms with E-state index in [1.54, 1.807) is 0 Å². The predicted molar refractivity (Wildman–Crippen MR) is 251 cm³/mol. The fourth-order valence-electron chi connectivity index (χ4n) is 10.2. The molecule has 0 unspecified atom stereocenters. The van der Waals surface area contributed by atoms with E-state index < -0.39 is 0 Å². The first kappa shape index (κ1) is 34.1. The Morgan fingerprint density at radius 2 is 0.984 bits per heavy atom. The van der Waals surface area contributed by atoms with Crippen LogP contribution >= 0.6 is 0 Å². The highest BCUT2D eigenvalue weighted by atomic mass is 16.3. The van der Waals surface area contributed by atoms with E-state index in [1.807, 2.05) is 24.3 Å². The van der Waals surface area contributed by atoms with Crippen LogP contribution in [0.3, 0.4) is 0 Å². The average molecular weight is 784 g/mol. The summed E-state index contributed by atoms with van der Waals surface area (Å²) in [6.45, 7) is 4.68. The van der Waals surface area contributed by atoms with Crippen molar-refractivity contribution in [2.75, 3.05) is 4.90 Å². The molecule has 1 aliphatic rings. The standard InChI is InChI=1S/C57H37NO3/c1-57(2)47-20-9-6-15-40(47)41-29-27-38(32-48(41)57)58(36-25-23-34(24-26-36)39-18-12-19-43-42-16-7-10-21-49(42)60-55(39)43)37-28-30-51-45(31-37)46-33-52-54(44-17-8-11-22-50(44)59-52)53(56(46)61-51)35-13-4-3-5-14-35/h3-33H,1-2H3. The van der Waals surface area contributed by atoms with Gasteiger partial charge in [-0.2, -0.15) is 0 Å². The first-order valence-electron chi connectivity index (χ1n) is 20.9. The van der Waals surface area contributed by atoms with E-state index in [0.29, 0.717) is 0 Å². The minimum atomic E-state index is -0.154. The van der Waals surface area contributed by atoms with Gasteiger partial charge in [0.2, 0.25) is 0 Å². The van der Waals surface area contributed by atoms with Crippen LogP contribution in [0.2, 0.25) is 0 Å². The van der Waals surface area contributed by atoms with Gasteiger partial charge in [-0.3, -0.25) is 0 Å². The van der Waals surface area contributed by atoms with Crippen molar-refractivity contribution in [1.29, 1.82) is 0 Å². The molecule has 0 saturated heterocycles. The van der Waals surface area contributed by atoms with Gasteiger partial charge < -0.3 is 18.2 Å². The van der Waals surface area contributed by atoms with Crippen LogP contribution in [0.4, 0.5) is 17.1 Å². The zero-order valence-corrected chi connectivity index (χ0v) is 33.6. The average Bonchev–Trinajstić information content (AvgIpc) is 4.04. The summed E-state index contributed by atoms with van der Waals surface area (Å²) in [5.74, 6) is 0. The highest BCUT2D eigenvalue weighted by Gasteiger charge is 2.36. The van der Waals surface area contributed by atoms with Gasteiger partial charge in [-0.25, -0.2) is 0 Å². The van der Waals surface area contributed by atoms with Gasteiger partial charge in [-0.1, -0.05) is 141 Å². The van der Waals surface area contributed by atoms with E-state index >= 15 is 0 Å². The number of anilines is 3. The van der Waals surface area contributed by atoms with Crippen molar-refractivity contribution >= 4 is 82.9 Å². The fourth-order valence-corrected chi connectivity index (χ4v) is 10.2. The van der Waals surface area contributed by atoms with Crippen LogP contribution in [-0.4, -0.2) is 0 Å². The maximum Gasteiger partial charge on any atom is 0.144 e. The highest BCUT2D eigenvalue weighted by Crippen LogP contribution is 2.52. The van der Waals surface area contributed by atoms with Gasteiger partial charge in [0.25, 0.3) is 0 Å². The SMILES string of the molecule is CC1(C)c2ccccc2-c2ccc(N(c3ccc(-c4cccc5c4oc4ccccc45)cc3)c3ccc4oc5c(-c6ccccc6)c6c(cc5c4c3)oc3ccccc36)cc21. The molecule has 288 valence electrons. The Labute approximate surface area is 351 Å². The van der Waals surface area contributed by atoms with Crippen molar-refractivity contribution in [1.82, 2.24) is 0 Å². The molecule has 4 heteroatoms. The second kappa shape index (κ2) is 12.6. The van der Waals surface area contributed by atoms with E-state index in [1.165, 1.54) is 22.3 Å². The molecule has 0 saturated carbocycles. The van der Waals surface area contributed by atoms with Gasteiger partial charge in [0, 0.05) is 65.9 Å². The molecule has 0 amide bonds. The monoisotopic (exact) mass is 783 g/mol. The van der Waals surface area contributed by atoms with E-state index in [-0.39, 0.29) is 5.41 Å². The minimum absolute atomic E-state index is 0.154. The van der Waals surface area contributed by atoms with Crippen LogP contribution in [0.1, 0.15) is 25.0 Å². The molecule has 4 nitrogen and oxygen atoms in total.